The van der Waals surface area contributed by atoms with Crippen LogP contribution in [0.25, 0.3) is 0 Å². The normalized spacial score (nSPS) is 10.3. The van der Waals surface area contributed by atoms with Gasteiger partial charge in [0.15, 0.2) is 11.5 Å². The van der Waals surface area contributed by atoms with Gasteiger partial charge < -0.3 is 10.6 Å². The molecule has 3 aromatic rings. The Morgan fingerprint density at radius 2 is 1.65 bits per heavy atom. The van der Waals surface area contributed by atoms with E-state index < -0.39 is 0 Å². The molecule has 2 aromatic carbocycles. The number of aryl methyl sites for hydroxylation is 1. The molecule has 0 fully saturated rings. The van der Waals surface area contributed by atoms with Gasteiger partial charge in [-0.05, 0) is 48.2 Å². The van der Waals surface area contributed by atoms with Crippen molar-refractivity contribution in [1.82, 2.24) is 15.5 Å². The zero-order chi connectivity index (χ0) is 18.2. The number of carbonyl (C=O) groups is 1. The number of amides is 1. The maximum Gasteiger partial charge on any atom is 0.271 e. The van der Waals surface area contributed by atoms with Gasteiger partial charge in [-0.25, -0.2) is 0 Å². The van der Waals surface area contributed by atoms with Crippen molar-refractivity contribution in [3.8, 4) is 0 Å². The van der Waals surface area contributed by atoms with Gasteiger partial charge in [0, 0.05) is 12.2 Å². The fourth-order valence-electron chi connectivity index (χ4n) is 2.55. The van der Waals surface area contributed by atoms with Crippen molar-refractivity contribution >= 4 is 17.4 Å². The van der Waals surface area contributed by atoms with Crippen LogP contribution in [-0.2, 0) is 12.8 Å². The average Bonchev–Trinajstić information content (AvgIpc) is 2.70. The first-order valence-electron chi connectivity index (χ1n) is 8.76. The van der Waals surface area contributed by atoms with Gasteiger partial charge in [-0.1, -0.05) is 49.4 Å². The molecule has 2 N–H and O–H groups in total. The molecule has 1 heterocycles. The summed E-state index contributed by atoms with van der Waals surface area (Å²) in [7, 11) is 0. The summed E-state index contributed by atoms with van der Waals surface area (Å²) in [5, 5.41) is 14.1. The Morgan fingerprint density at radius 1 is 0.885 bits per heavy atom. The van der Waals surface area contributed by atoms with Gasteiger partial charge in [-0.2, -0.15) is 0 Å². The largest absolute Gasteiger partial charge is 0.350 e. The Labute approximate surface area is 153 Å². The molecule has 0 radical (unpaired) electrons. The van der Waals surface area contributed by atoms with Gasteiger partial charge in [-0.15, -0.1) is 10.2 Å². The number of aromatic nitrogens is 2. The quantitative estimate of drug-likeness (QED) is 0.684. The van der Waals surface area contributed by atoms with Gasteiger partial charge in [0.05, 0.1) is 0 Å². The molecule has 26 heavy (non-hydrogen) atoms. The highest BCUT2D eigenvalue weighted by molar-refractivity contribution is 5.92. The third-order valence-corrected chi connectivity index (χ3v) is 4.07. The molecule has 3 rings (SSSR count). The van der Waals surface area contributed by atoms with Crippen molar-refractivity contribution in [2.24, 2.45) is 0 Å². The molecular formula is C21H22N4O. The molecule has 0 saturated carbocycles. The minimum atomic E-state index is -0.215. The molecule has 0 spiro atoms. The molecule has 1 aromatic heterocycles. The summed E-state index contributed by atoms with van der Waals surface area (Å²) in [4.78, 5) is 12.1. The van der Waals surface area contributed by atoms with Crippen LogP contribution in [0.5, 0.6) is 0 Å². The standard InChI is InChI=1S/C21H22N4O/c1-2-16-8-10-18(11-9-16)23-20-13-12-19(24-25-20)21(26)22-15-14-17-6-4-3-5-7-17/h3-13H,2,14-15H2,1H3,(H,22,26)(H,23,25). The number of hydrogen-bond acceptors (Lipinski definition) is 4. The zero-order valence-corrected chi connectivity index (χ0v) is 14.8. The number of anilines is 2. The molecular weight excluding hydrogens is 324 g/mol. The minimum absolute atomic E-state index is 0.215. The molecule has 5 heteroatoms. The summed E-state index contributed by atoms with van der Waals surface area (Å²) in [5.41, 5.74) is 3.72. The number of rotatable bonds is 7. The van der Waals surface area contributed by atoms with Crippen LogP contribution in [0, 0.1) is 0 Å². The van der Waals surface area contributed by atoms with Crippen molar-refractivity contribution in [1.29, 1.82) is 0 Å². The lowest BCUT2D eigenvalue weighted by molar-refractivity contribution is 0.0948. The highest BCUT2D eigenvalue weighted by atomic mass is 16.1. The third-order valence-electron chi connectivity index (χ3n) is 4.07. The van der Waals surface area contributed by atoms with Crippen LogP contribution < -0.4 is 10.6 Å². The molecule has 5 nitrogen and oxygen atoms in total. The molecule has 0 aliphatic rings. The lowest BCUT2D eigenvalue weighted by Crippen LogP contribution is -2.26. The SMILES string of the molecule is CCc1ccc(Nc2ccc(C(=O)NCCc3ccccc3)nn2)cc1. The van der Waals surface area contributed by atoms with Gasteiger partial charge in [-0.3, -0.25) is 4.79 Å². The van der Waals surface area contributed by atoms with Crippen LogP contribution in [0.2, 0.25) is 0 Å². The van der Waals surface area contributed by atoms with E-state index in [1.807, 2.05) is 42.5 Å². The van der Waals surface area contributed by atoms with E-state index in [-0.39, 0.29) is 5.91 Å². The highest BCUT2D eigenvalue weighted by Crippen LogP contribution is 2.15. The van der Waals surface area contributed by atoms with E-state index in [1.165, 1.54) is 11.1 Å². The fourth-order valence-corrected chi connectivity index (χ4v) is 2.55. The molecule has 0 aliphatic heterocycles. The van der Waals surface area contributed by atoms with Crippen LogP contribution in [0.3, 0.4) is 0 Å². The predicted molar refractivity (Wildman–Crippen MR) is 104 cm³/mol. The smallest absolute Gasteiger partial charge is 0.271 e. The third kappa shape index (κ3) is 4.89. The zero-order valence-electron chi connectivity index (χ0n) is 14.8. The van der Waals surface area contributed by atoms with E-state index in [2.05, 4.69) is 39.9 Å². The second-order valence-electron chi connectivity index (χ2n) is 5.97. The molecule has 0 saturated heterocycles. The number of benzene rings is 2. The maximum absolute atomic E-state index is 12.1. The number of hydrogen-bond donors (Lipinski definition) is 2. The summed E-state index contributed by atoms with van der Waals surface area (Å²) in [6, 6.07) is 21.6. The Morgan fingerprint density at radius 3 is 2.31 bits per heavy atom. The predicted octanol–water partition coefficient (Wildman–Crippen LogP) is 3.76. The second kappa shape index (κ2) is 8.76. The number of carbonyl (C=O) groups excluding carboxylic acids is 1. The Bertz CT molecular complexity index is 830. The first kappa shape index (κ1) is 17.6. The number of nitrogens with one attached hydrogen (secondary N) is 2. The summed E-state index contributed by atoms with van der Waals surface area (Å²) in [6.45, 7) is 2.69. The van der Waals surface area contributed by atoms with Crippen molar-refractivity contribution in [3.63, 3.8) is 0 Å². The van der Waals surface area contributed by atoms with Crippen LogP contribution in [0.15, 0.2) is 66.7 Å². The number of nitrogens with zero attached hydrogens (tertiary/aromatic N) is 2. The van der Waals surface area contributed by atoms with E-state index in [4.69, 9.17) is 0 Å². The summed E-state index contributed by atoms with van der Waals surface area (Å²) < 4.78 is 0. The minimum Gasteiger partial charge on any atom is -0.350 e. The Hall–Kier alpha value is -3.21. The molecule has 132 valence electrons. The molecule has 0 atom stereocenters. The Balaban J connectivity index is 1.52. The van der Waals surface area contributed by atoms with Crippen LogP contribution in [-0.4, -0.2) is 22.6 Å². The fraction of sp³-hybridized carbons (Fsp3) is 0.190. The van der Waals surface area contributed by atoms with Gasteiger partial charge in [0.2, 0.25) is 0 Å². The van der Waals surface area contributed by atoms with E-state index in [0.717, 1.165) is 18.5 Å². The van der Waals surface area contributed by atoms with Crippen LogP contribution in [0.4, 0.5) is 11.5 Å². The van der Waals surface area contributed by atoms with Gasteiger partial charge >= 0.3 is 0 Å². The van der Waals surface area contributed by atoms with E-state index in [9.17, 15) is 4.79 Å². The lowest BCUT2D eigenvalue weighted by Gasteiger charge is -2.07. The molecule has 0 unspecified atom stereocenters. The van der Waals surface area contributed by atoms with E-state index in [0.29, 0.717) is 18.1 Å². The topological polar surface area (TPSA) is 66.9 Å². The summed E-state index contributed by atoms with van der Waals surface area (Å²) in [6.07, 6.45) is 1.79. The van der Waals surface area contributed by atoms with Gasteiger partial charge in [0.25, 0.3) is 5.91 Å². The van der Waals surface area contributed by atoms with Crippen LogP contribution in [0.1, 0.15) is 28.5 Å². The van der Waals surface area contributed by atoms with Gasteiger partial charge in [0.1, 0.15) is 0 Å². The van der Waals surface area contributed by atoms with Crippen LogP contribution >= 0.6 is 0 Å². The van der Waals surface area contributed by atoms with Crippen molar-refractivity contribution in [3.05, 3.63) is 83.6 Å². The molecule has 0 bridgehead atoms. The first-order valence-corrected chi connectivity index (χ1v) is 8.76. The first-order chi connectivity index (χ1) is 12.7. The molecule has 1 amide bonds. The lowest BCUT2D eigenvalue weighted by atomic mass is 10.1. The van der Waals surface area contributed by atoms with Crippen molar-refractivity contribution < 1.29 is 4.79 Å². The van der Waals surface area contributed by atoms with E-state index >= 15 is 0 Å². The summed E-state index contributed by atoms with van der Waals surface area (Å²) in [5.74, 6) is 0.391. The second-order valence-corrected chi connectivity index (χ2v) is 5.97. The van der Waals surface area contributed by atoms with Crippen molar-refractivity contribution in [2.75, 3.05) is 11.9 Å². The average molecular weight is 346 g/mol. The summed E-state index contributed by atoms with van der Waals surface area (Å²) >= 11 is 0. The Kier molecular flexibility index (Phi) is 5.93. The van der Waals surface area contributed by atoms with Crippen molar-refractivity contribution in [2.45, 2.75) is 19.8 Å². The molecule has 0 aliphatic carbocycles. The van der Waals surface area contributed by atoms with E-state index in [1.54, 1.807) is 12.1 Å². The monoisotopic (exact) mass is 346 g/mol. The maximum atomic E-state index is 12.1. The highest BCUT2D eigenvalue weighted by Gasteiger charge is 2.08.